The summed E-state index contributed by atoms with van der Waals surface area (Å²) in [5.74, 6) is -1.68. The summed E-state index contributed by atoms with van der Waals surface area (Å²) in [5.41, 5.74) is 0.741. The molecule has 0 aliphatic heterocycles. The number of carboxylic acids is 1. The van der Waals surface area contributed by atoms with Crippen LogP contribution in [0, 0.1) is 19.8 Å². The molecular formula is C13H20N2O4S. The molecule has 0 aliphatic carbocycles. The zero-order valence-corrected chi connectivity index (χ0v) is 12.9. The number of carboxylic acid groups (broad SMARTS) is 1. The number of aliphatic carboxylic acids is 1. The van der Waals surface area contributed by atoms with Crippen LogP contribution < -0.4 is 10.2 Å². The second-order valence-corrected chi connectivity index (χ2v) is 6.03. The van der Waals surface area contributed by atoms with Gasteiger partial charge in [0.2, 0.25) is 5.91 Å². The van der Waals surface area contributed by atoms with Crippen molar-refractivity contribution in [2.75, 3.05) is 0 Å². The van der Waals surface area contributed by atoms with Crippen molar-refractivity contribution in [1.82, 2.24) is 9.88 Å². The Morgan fingerprint density at radius 1 is 1.40 bits per heavy atom. The molecule has 0 spiro atoms. The minimum absolute atomic E-state index is 0.144. The molecule has 1 rings (SSSR count). The van der Waals surface area contributed by atoms with E-state index in [0.717, 1.165) is 21.9 Å². The van der Waals surface area contributed by atoms with Crippen molar-refractivity contribution in [2.45, 2.75) is 46.7 Å². The summed E-state index contributed by atoms with van der Waals surface area (Å²) < 4.78 is 1.37. The van der Waals surface area contributed by atoms with Gasteiger partial charge in [0.1, 0.15) is 12.6 Å². The first-order chi connectivity index (χ1) is 9.27. The van der Waals surface area contributed by atoms with Gasteiger partial charge < -0.3 is 10.4 Å². The third-order valence-electron chi connectivity index (χ3n) is 3.47. The van der Waals surface area contributed by atoms with E-state index in [-0.39, 0.29) is 17.3 Å². The number of aryl methyl sites for hydroxylation is 1. The van der Waals surface area contributed by atoms with Crippen molar-refractivity contribution in [3.8, 4) is 0 Å². The Labute approximate surface area is 121 Å². The van der Waals surface area contributed by atoms with Crippen LogP contribution in [-0.4, -0.2) is 27.6 Å². The fraction of sp³-hybridized carbons (Fsp3) is 0.615. The summed E-state index contributed by atoms with van der Waals surface area (Å²) in [5, 5.41) is 11.6. The van der Waals surface area contributed by atoms with Crippen LogP contribution in [0.2, 0.25) is 0 Å². The lowest BCUT2D eigenvalue weighted by Crippen LogP contribution is -2.46. The molecule has 0 bridgehead atoms. The lowest BCUT2D eigenvalue weighted by molar-refractivity contribution is -0.143. The monoisotopic (exact) mass is 300 g/mol. The van der Waals surface area contributed by atoms with E-state index in [9.17, 15) is 14.4 Å². The molecule has 112 valence electrons. The van der Waals surface area contributed by atoms with Crippen LogP contribution >= 0.6 is 11.3 Å². The zero-order valence-electron chi connectivity index (χ0n) is 12.1. The van der Waals surface area contributed by atoms with Crippen LogP contribution in [-0.2, 0) is 16.1 Å². The third kappa shape index (κ3) is 3.69. The van der Waals surface area contributed by atoms with E-state index in [2.05, 4.69) is 5.32 Å². The van der Waals surface area contributed by atoms with Gasteiger partial charge in [-0.15, -0.1) is 0 Å². The minimum Gasteiger partial charge on any atom is -0.480 e. The van der Waals surface area contributed by atoms with Gasteiger partial charge in [0.15, 0.2) is 0 Å². The average molecular weight is 300 g/mol. The number of carbonyl (C=O) groups is 2. The van der Waals surface area contributed by atoms with Gasteiger partial charge in [-0.2, -0.15) is 0 Å². The molecule has 0 aromatic carbocycles. The maximum Gasteiger partial charge on any atom is 0.326 e. The molecule has 2 N–H and O–H groups in total. The molecule has 1 aromatic heterocycles. The van der Waals surface area contributed by atoms with Gasteiger partial charge in [0.05, 0.1) is 0 Å². The molecule has 1 heterocycles. The third-order valence-corrected chi connectivity index (χ3v) is 4.47. The molecule has 0 saturated carbocycles. The van der Waals surface area contributed by atoms with Gasteiger partial charge in [-0.3, -0.25) is 14.2 Å². The van der Waals surface area contributed by atoms with Crippen molar-refractivity contribution >= 4 is 23.2 Å². The van der Waals surface area contributed by atoms with Gasteiger partial charge in [0.25, 0.3) is 0 Å². The van der Waals surface area contributed by atoms with Crippen LogP contribution in [0.4, 0.5) is 0 Å². The Morgan fingerprint density at radius 2 is 2.00 bits per heavy atom. The van der Waals surface area contributed by atoms with Crippen molar-refractivity contribution < 1.29 is 14.7 Å². The lowest BCUT2D eigenvalue weighted by atomic mass is 9.99. The van der Waals surface area contributed by atoms with Crippen molar-refractivity contribution in [3.05, 3.63) is 20.2 Å². The molecular weight excluding hydrogens is 280 g/mol. The Kier molecular flexibility index (Phi) is 5.50. The van der Waals surface area contributed by atoms with E-state index >= 15 is 0 Å². The Balaban J connectivity index is 2.81. The molecule has 20 heavy (non-hydrogen) atoms. The molecule has 0 saturated heterocycles. The second-order valence-electron chi connectivity index (χ2n) is 4.86. The minimum atomic E-state index is -1.06. The summed E-state index contributed by atoms with van der Waals surface area (Å²) in [6.45, 7) is 7.07. The molecule has 0 aliphatic rings. The normalized spacial score (nSPS) is 13.8. The number of hydrogen-bond acceptors (Lipinski definition) is 4. The summed E-state index contributed by atoms with van der Waals surface area (Å²) >= 11 is 1.08. The van der Waals surface area contributed by atoms with E-state index in [1.807, 2.05) is 13.8 Å². The average Bonchev–Trinajstić information content (AvgIpc) is 2.61. The number of nitrogens with one attached hydrogen (secondary N) is 1. The highest BCUT2D eigenvalue weighted by Crippen LogP contribution is 2.10. The van der Waals surface area contributed by atoms with Crippen LogP contribution in [0.5, 0.6) is 0 Å². The van der Waals surface area contributed by atoms with E-state index in [1.165, 1.54) is 4.57 Å². The molecule has 1 amide bonds. The Hall–Kier alpha value is -1.63. The summed E-state index contributed by atoms with van der Waals surface area (Å²) in [7, 11) is 0. The van der Waals surface area contributed by atoms with Crippen molar-refractivity contribution in [2.24, 2.45) is 5.92 Å². The highest BCUT2D eigenvalue weighted by Gasteiger charge is 2.25. The number of amides is 1. The first kappa shape index (κ1) is 16.4. The largest absolute Gasteiger partial charge is 0.480 e. The summed E-state index contributed by atoms with van der Waals surface area (Å²) in [6.07, 6.45) is 0.647. The number of aromatic nitrogens is 1. The fourth-order valence-corrected chi connectivity index (χ4v) is 2.65. The second kappa shape index (κ2) is 6.69. The number of carbonyl (C=O) groups excluding carboxylic acids is 1. The van der Waals surface area contributed by atoms with E-state index in [4.69, 9.17) is 5.11 Å². The maximum atomic E-state index is 11.9. The van der Waals surface area contributed by atoms with E-state index < -0.39 is 17.9 Å². The number of rotatable bonds is 6. The van der Waals surface area contributed by atoms with Gasteiger partial charge in [-0.25, -0.2) is 4.79 Å². The first-order valence-electron chi connectivity index (χ1n) is 6.46. The highest BCUT2D eigenvalue weighted by molar-refractivity contribution is 7.09. The van der Waals surface area contributed by atoms with Gasteiger partial charge in [0, 0.05) is 10.6 Å². The number of nitrogens with zero attached hydrogens (tertiary/aromatic N) is 1. The lowest BCUT2D eigenvalue weighted by Gasteiger charge is -2.20. The molecule has 7 heteroatoms. The first-order valence-corrected chi connectivity index (χ1v) is 7.28. The quantitative estimate of drug-likeness (QED) is 0.824. The standard InChI is InChI=1S/C13H20N2O4S/c1-5-7(2)11(12(17)18)14-10(16)6-15-8(3)9(4)20-13(15)19/h7,11H,5-6H2,1-4H3,(H,14,16)(H,17,18)/t7-,11-/m0/s1. The molecule has 6 nitrogen and oxygen atoms in total. The predicted molar refractivity (Wildman–Crippen MR) is 77.1 cm³/mol. The molecule has 0 unspecified atom stereocenters. The predicted octanol–water partition coefficient (Wildman–Crippen LogP) is 1.14. The van der Waals surface area contributed by atoms with E-state index in [1.54, 1.807) is 13.8 Å². The van der Waals surface area contributed by atoms with Crippen molar-refractivity contribution in [1.29, 1.82) is 0 Å². The topological polar surface area (TPSA) is 88.4 Å². The highest BCUT2D eigenvalue weighted by atomic mass is 32.1. The fourth-order valence-electron chi connectivity index (χ4n) is 1.82. The Morgan fingerprint density at radius 3 is 2.40 bits per heavy atom. The Bertz CT molecular complexity index is 561. The van der Waals surface area contributed by atoms with Gasteiger partial charge in [-0.05, 0) is 19.8 Å². The van der Waals surface area contributed by atoms with Gasteiger partial charge in [-0.1, -0.05) is 31.6 Å². The van der Waals surface area contributed by atoms with Crippen LogP contribution in [0.25, 0.3) is 0 Å². The van der Waals surface area contributed by atoms with E-state index in [0.29, 0.717) is 6.42 Å². The smallest absolute Gasteiger partial charge is 0.326 e. The zero-order chi connectivity index (χ0) is 15.4. The molecule has 0 fully saturated rings. The summed E-state index contributed by atoms with van der Waals surface area (Å²) in [6, 6.07) is -0.928. The summed E-state index contributed by atoms with van der Waals surface area (Å²) in [4.78, 5) is 35.4. The number of thiazole rings is 1. The van der Waals surface area contributed by atoms with Crippen LogP contribution in [0.1, 0.15) is 30.8 Å². The maximum absolute atomic E-state index is 11.9. The molecule has 1 aromatic rings. The molecule has 0 radical (unpaired) electrons. The van der Waals surface area contributed by atoms with Gasteiger partial charge >= 0.3 is 10.8 Å². The number of hydrogen-bond donors (Lipinski definition) is 2. The SMILES string of the molecule is CC[C@H](C)[C@H](NC(=O)Cn1c(C)c(C)sc1=O)C(=O)O. The van der Waals surface area contributed by atoms with Crippen LogP contribution in [0.15, 0.2) is 4.79 Å². The van der Waals surface area contributed by atoms with Crippen LogP contribution in [0.3, 0.4) is 0 Å². The van der Waals surface area contributed by atoms with Crippen molar-refractivity contribution in [3.63, 3.8) is 0 Å². The molecule has 2 atom stereocenters.